The first kappa shape index (κ1) is 16.6. The standard InChI is InChI=1S/C12H20BrN5O2S/c13-10-8-11(12(17-14)15-9-10)21(19,20)16-4-7-18-5-2-1-3-6-18/h8-9,16H,1-7,14H2,(H,15,17). The van der Waals surface area contributed by atoms with Crippen molar-refractivity contribution in [2.75, 3.05) is 31.6 Å². The number of nitrogens with zero attached hydrogens (tertiary/aromatic N) is 2. The molecule has 1 aromatic rings. The van der Waals surface area contributed by atoms with Crippen LogP contribution in [0.2, 0.25) is 0 Å². The third-order valence-electron chi connectivity index (χ3n) is 3.41. The van der Waals surface area contributed by atoms with Gasteiger partial charge in [0.25, 0.3) is 0 Å². The van der Waals surface area contributed by atoms with Gasteiger partial charge in [-0.2, -0.15) is 0 Å². The highest BCUT2D eigenvalue weighted by atomic mass is 79.9. The molecule has 118 valence electrons. The molecule has 9 heteroatoms. The molecule has 1 aliphatic rings. The number of hydrazine groups is 1. The molecule has 4 N–H and O–H groups in total. The minimum Gasteiger partial charge on any atom is -0.307 e. The lowest BCUT2D eigenvalue weighted by atomic mass is 10.1. The van der Waals surface area contributed by atoms with Crippen LogP contribution >= 0.6 is 15.9 Å². The maximum atomic E-state index is 12.3. The van der Waals surface area contributed by atoms with Crippen molar-refractivity contribution in [3.8, 4) is 0 Å². The van der Waals surface area contributed by atoms with Crippen LogP contribution in [0.25, 0.3) is 0 Å². The number of nitrogens with one attached hydrogen (secondary N) is 2. The highest BCUT2D eigenvalue weighted by molar-refractivity contribution is 9.10. The molecule has 0 saturated carbocycles. The van der Waals surface area contributed by atoms with Crippen LogP contribution in [-0.2, 0) is 10.0 Å². The van der Waals surface area contributed by atoms with Crippen LogP contribution in [0.15, 0.2) is 21.6 Å². The fraction of sp³-hybridized carbons (Fsp3) is 0.583. The van der Waals surface area contributed by atoms with Crippen molar-refractivity contribution in [2.45, 2.75) is 24.2 Å². The first-order valence-corrected chi connectivity index (χ1v) is 9.15. The third kappa shape index (κ3) is 4.62. The van der Waals surface area contributed by atoms with Crippen molar-refractivity contribution in [1.29, 1.82) is 0 Å². The molecule has 0 amide bonds. The summed E-state index contributed by atoms with van der Waals surface area (Å²) in [5, 5.41) is 0. The van der Waals surface area contributed by atoms with Gasteiger partial charge < -0.3 is 10.3 Å². The Kier molecular flexibility index (Phi) is 5.94. The minimum atomic E-state index is -3.64. The lowest BCUT2D eigenvalue weighted by molar-refractivity contribution is 0.233. The van der Waals surface area contributed by atoms with E-state index >= 15 is 0 Å². The van der Waals surface area contributed by atoms with Crippen molar-refractivity contribution >= 4 is 31.8 Å². The van der Waals surface area contributed by atoms with Crippen LogP contribution in [-0.4, -0.2) is 44.5 Å². The number of likely N-dealkylation sites (tertiary alicyclic amines) is 1. The molecule has 0 bridgehead atoms. The topological polar surface area (TPSA) is 100 Å². The molecule has 0 spiro atoms. The van der Waals surface area contributed by atoms with Crippen molar-refractivity contribution in [3.05, 3.63) is 16.7 Å². The Labute approximate surface area is 133 Å². The third-order valence-corrected chi connectivity index (χ3v) is 5.32. The molecule has 2 rings (SSSR count). The number of anilines is 1. The number of rotatable bonds is 6. The Balaban J connectivity index is 1.99. The van der Waals surface area contributed by atoms with Crippen molar-refractivity contribution in [2.24, 2.45) is 5.84 Å². The zero-order valence-electron chi connectivity index (χ0n) is 11.7. The van der Waals surface area contributed by atoms with E-state index in [1.807, 2.05) is 0 Å². The summed E-state index contributed by atoms with van der Waals surface area (Å²) in [6.45, 7) is 3.16. The van der Waals surface area contributed by atoms with Gasteiger partial charge in [0.2, 0.25) is 10.0 Å². The van der Waals surface area contributed by atoms with Crippen LogP contribution in [0.5, 0.6) is 0 Å². The van der Waals surface area contributed by atoms with E-state index in [0.717, 1.165) is 13.1 Å². The second-order valence-electron chi connectivity index (χ2n) is 4.94. The average Bonchev–Trinajstić information content (AvgIpc) is 2.48. The Morgan fingerprint density at radius 2 is 2.05 bits per heavy atom. The summed E-state index contributed by atoms with van der Waals surface area (Å²) in [7, 11) is -3.64. The van der Waals surface area contributed by atoms with E-state index in [0.29, 0.717) is 17.6 Å². The number of sulfonamides is 1. The SMILES string of the molecule is NNc1ncc(Br)cc1S(=O)(=O)NCCN1CCCCC1. The second-order valence-corrected chi connectivity index (χ2v) is 7.60. The molecule has 0 aromatic carbocycles. The van der Waals surface area contributed by atoms with E-state index in [2.05, 4.69) is 36.0 Å². The zero-order valence-corrected chi connectivity index (χ0v) is 14.1. The van der Waals surface area contributed by atoms with E-state index in [1.165, 1.54) is 31.5 Å². The molecule has 1 aromatic heterocycles. The number of nitrogen functional groups attached to an aromatic ring is 1. The Bertz CT molecular complexity index is 575. The summed E-state index contributed by atoms with van der Waals surface area (Å²) >= 11 is 3.22. The maximum absolute atomic E-state index is 12.3. The van der Waals surface area contributed by atoms with Gasteiger partial charge in [0.1, 0.15) is 4.90 Å². The van der Waals surface area contributed by atoms with Crippen LogP contribution in [0, 0.1) is 0 Å². The number of piperidine rings is 1. The van der Waals surface area contributed by atoms with E-state index in [4.69, 9.17) is 5.84 Å². The van der Waals surface area contributed by atoms with Gasteiger partial charge in [0.05, 0.1) is 0 Å². The fourth-order valence-electron chi connectivity index (χ4n) is 2.33. The van der Waals surface area contributed by atoms with Gasteiger partial charge in [-0.05, 0) is 47.9 Å². The first-order chi connectivity index (χ1) is 10.0. The van der Waals surface area contributed by atoms with E-state index < -0.39 is 10.0 Å². The Hall–Kier alpha value is -0.740. The highest BCUT2D eigenvalue weighted by Crippen LogP contribution is 2.21. The molecule has 0 radical (unpaired) electrons. The average molecular weight is 378 g/mol. The van der Waals surface area contributed by atoms with Crippen LogP contribution in [0.4, 0.5) is 5.82 Å². The molecule has 1 fully saturated rings. The molecule has 1 saturated heterocycles. The van der Waals surface area contributed by atoms with Crippen molar-refractivity contribution in [3.63, 3.8) is 0 Å². The Morgan fingerprint density at radius 3 is 2.71 bits per heavy atom. The number of aromatic nitrogens is 1. The summed E-state index contributed by atoms with van der Waals surface area (Å²) in [6.07, 6.45) is 5.12. The van der Waals surface area contributed by atoms with Gasteiger partial charge in [-0.25, -0.2) is 24.0 Å². The number of hydrogen-bond acceptors (Lipinski definition) is 6. The highest BCUT2D eigenvalue weighted by Gasteiger charge is 2.20. The van der Waals surface area contributed by atoms with E-state index in [9.17, 15) is 8.42 Å². The van der Waals surface area contributed by atoms with Gasteiger partial charge in [0.15, 0.2) is 5.82 Å². The molecular weight excluding hydrogens is 358 g/mol. The normalized spacial score (nSPS) is 16.9. The minimum absolute atomic E-state index is 0.0398. The number of hydrogen-bond donors (Lipinski definition) is 3. The summed E-state index contributed by atoms with van der Waals surface area (Å²) in [4.78, 5) is 6.26. The fourth-order valence-corrected chi connectivity index (χ4v) is 3.98. The van der Waals surface area contributed by atoms with Crippen LogP contribution in [0.1, 0.15) is 19.3 Å². The van der Waals surface area contributed by atoms with Crippen molar-refractivity contribution < 1.29 is 8.42 Å². The number of nitrogens with two attached hydrogens (primary N) is 1. The monoisotopic (exact) mass is 377 g/mol. The van der Waals surface area contributed by atoms with Gasteiger partial charge in [-0.1, -0.05) is 6.42 Å². The summed E-state index contributed by atoms with van der Waals surface area (Å²) in [5.74, 6) is 5.44. The predicted octanol–water partition coefficient (Wildman–Crippen LogP) is 0.894. The van der Waals surface area contributed by atoms with Gasteiger partial charge >= 0.3 is 0 Å². The lowest BCUT2D eigenvalue weighted by Crippen LogP contribution is -2.37. The molecule has 2 heterocycles. The first-order valence-electron chi connectivity index (χ1n) is 6.87. The molecule has 0 unspecified atom stereocenters. The molecule has 1 aliphatic heterocycles. The summed E-state index contributed by atoms with van der Waals surface area (Å²) in [5.41, 5.74) is 2.31. The molecule has 0 aliphatic carbocycles. The predicted molar refractivity (Wildman–Crippen MR) is 85.2 cm³/mol. The molecule has 0 atom stereocenters. The van der Waals surface area contributed by atoms with Gasteiger partial charge in [-0.15, -0.1) is 0 Å². The molecular formula is C12H20BrN5O2S. The van der Waals surface area contributed by atoms with Gasteiger partial charge in [-0.3, -0.25) is 0 Å². The lowest BCUT2D eigenvalue weighted by Gasteiger charge is -2.26. The second kappa shape index (κ2) is 7.50. The summed E-state index contributed by atoms with van der Waals surface area (Å²) < 4.78 is 27.8. The van der Waals surface area contributed by atoms with Crippen molar-refractivity contribution in [1.82, 2.24) is 14.6 Å². The van der Waals surface area contributed by atoms with Gasteiger partial charge in [0, 0.05) is 23.8 Å². The molecule has 7 nitrogen and oxygen atoms in total. The number of halogens is 1. The summed E-state index contributed by atoms with van der Waals surface area (Å²) in [6, 6.07) is 1.48. The quantitative estimate of drug-likeness (QED) is 0.502. The maximum Gasteiger partial charge on any atom is 0.244 e. The molecule has 21 heavy (non-hydrogen) atoms. The van der Waals surface area contributed by atoms with Crippen LogP contribution in [0.3, 0.4) is 0 Å². The van der Waals surface area contributed by atoms with E-state index in [-0.39, 0.29) is 10.7 Å². The zero-order chi connectivity index (χ0) is 15.3. The largest absolute Gasteiger partial charge is 0.307 e. The Morgan fingerprint density at radius 1 is 1.33 bits per heavy atom. The van der Waals surface area contributed by atoms with E-state index in [1.54, 1.807) is 0 Å². The number of pyridine rings is 1. The smallest absolute Gasteiger partial charge is 0.244 e. The van der Waals surface area contributed by atoms with Crippen LogP contribution < -0.4 is 16.0 Å².